The molecular weight excluding hydrogens is 366 g/mol. The Hall–Kier alpha value is -2.70. The molecule has 0 saturated heterocycles. The summed E-state index contributed by atoms with van der Waals surface area (Å²) in [7, 11) is 0. The molecule has 1 aromatic heterocycles. The van der Waals surface area contributed by atoms with E-state index in [0.29, 0.717) is 21.4 Å². The van der Waals surface area contributed by atoms with Crippen LogP contribution < -0.4 is 10.6 Å². The van der Waals surface area contributed by atoms with Crippen molar-refractivity contribution in [2.45, 2.75) is 0 Å². The van der Waals surface area contributed by atoms with E-state index in [4.69, 9.17) is 23.2 Å². The van der Waals surface area contributed by atoms with Crippen LogP contribution in [0.5, 0.6) is 0 Å². The third-order valence-electron chi connectivity index (χ3n) is 3.20. The lowest BCUT2D eigenvalue weighted by molar-refractivity contribution is 0.102. The molecule has 0 fully saturated rings. The summed E-state index contributed by atoms with van der Waals surface area (Å²) in [6.07, 6.45) is 2.68. The van der Waals surface area contributed by atoms with Gasteiger partial charge >= 0.3 is 0 Å². The van der Waals surface area contributed by atoms with Gasteiger partial charge in [0.25, 0.3) is 5.91 Å². The largest absolute Gasteiger partial charge is 0.324 e. The lowest BCUT2D eigenvalue weighted by atomic mass is 10.2. The van der Waals surface area contributed by atoms with E-state index in [1.54, 1.807) is 30.3 Å². The van der Waals surface area contributed by atoms with Gasteiger partial charge < -0.3 is 10.6 Å². The fourth-order valence-electron chi connectivity index (χ4n) is 2.01. The molecule has 5 nitrogen and oxygen atoms in total. The van der Waals surface area contributed by atoms with Gasteiger partial charge in [-0.3, -0.25) is 4.79 Å². The van der Waals surface area contributed by atoms with Gasteiger partial charge in [0.05, 0.1) is 21.3 Å². The Labute approximate surface area is 152 Å². The molecule has 0 aliphatic heterocycles. The van der Waals surface area contributed by atoms with E-state index in [1.165, 1.54) is 24.5 Å². The van der Waals surface area contributed by atoms with E-state index in [2.05, 4.69) is 20.6 Å². The first-order valence-electron chi connectivity index (χ1n) is 7.13. The summed E-state index contributed by atoms with van der Waals surface area (Å²) in [6, 6.07) is 10.8. The predicted octanol–water partition coefficient (Wildman–Crippen LogP) is 4.92. The van der Waals surface area contributed by atoms with E-state index in [9.17, 15) is 9.18 Å². The molecule has 3 aromatic rings. The van der Waals surface area contributed by atoms with Gasteiger partial charge in [-0.25, -0.2) is 14.4 Å². The predicted molar refractivity (Wildman–Crippen MR) is 96.1 cm³/mol. The molecule has 0 spiro atoms. The quantitative estimate of drug-likeness (QED) is 0.678. The summed E-state index contributed by atoms with van der Waals surface area (Å²) >= 11 is 12.0. The van der Waals surface area contributed by atoms with Crippen LogP contribution in [0, 0.1) is 5.82 Å². The summed E-state index contributed by atoms with van der Waals surface area (Å²) in [4.78, 5) is 20.3. The van der Waals surface area contributed by atoms with Crippen molar-refractivity contribution in [3.05, 3.63) is 76.3 Å². The number of nitrogens with one attached hydrogen (secondary N) is 2. The first kappa shape index (κ1) is 17.1. The van der Waals surface area contributed by atoms with Crippen LogP contribution in [-0.4, -0.2) is 15.9 Å². The zero-order chi connectivity index (χ0) is 17.8. The lowest BCUT2D eigenvalue weighted by Crippen LogP contribution is -2.13. The van der Waals surface area contributed by atoms with Crippen molar-refractivity contribution in [2.24, 2.45) is 0 Å². The Kier molecular flexibility index (Phi) is 5.11. The Morgan fingerprint density at radius 3 is 2.28 bits per heavy atom. The smallest absolute Gasteiger partial charge is 0.258 e. The maximum atomic E-state index is 13.2. The molecule has 0 unspecified atom stereocenters. The number of carbonyl (C=O) groups excluding carboxylic acids is 1. The van der Waals surface area contributed by atoms with Gasteiger partial charge in [-0.1, -0.05) is 35.3 Å². The molecule has 0 aliphatic carbocycles. The molecule has 25 heavy (non-hydrogen) atoms. The third-order valence-corrected chi connectivity index (χ3v) is 3.83. The van der Waals surface area contributed by atoms with Gasteiger partial charge in [0, 0.05) is 18.1 Å². The van der Waals surface area contributed by atoms with Crippen LogP contribution in [0.15, 0.2) is 54.9 Å². The van der Waals surface area contributed by atoms with E-state index < -0.39 is 5.91 Å². The van der Waals surface area contributed by atoms with Crippen LogP contribution in [0.3, 0.4) is 0 Å². The first-order chi connectivity index (χ1) is 12.0. The molecule has 0 aliphatic rings. The molecule has 2 N–H and O–H groups in total. The number of aromatic nitrogens is 2. The second-order valence-corrected chi connectivity index (χ2v) is 5.80. The maximum Gasteiger partial charge on any atom is 0.258 e. The van der Waals surface area contributed by atoms with Crippen molar-refractivity contribution in [1.29, 1.82) is 0 Å². The van der Waals surface area contributed by atoms with Crippen LogP contribution >= 0.6 is 23.2 Å². The number of hydrogen-bond donors (Lipinski definition) is 2. The number of carbonyl (C=O) groups is 1. The second kappa shape index (κ2) is 7.46. The zero-order valence-corrected chi connectivity index (χ0v) is 14.1. The molecular formula is C17H11Cl2FN4O. The van der Waals surface area contributed by atoms with Gasteiger partial charge in [-0.05, 0) is 30.3 Å². The Morgan fingerprint density at radius 2 is 1.64 bits per heavy atom. The lowest BCUT2D eigenvalue weighted by Gasteiger charge is -2.09. The van der Waals surface area contributed by atoms with Gasteiger partial charge in [0.2, 0.25) is 5.95 Å². The minimum absolute atomic E-state index is 0.223. The monoisotopic (exact) mass is 376 g/mol. The number of hydrogen-bond acceptors (Lipinski definition) is 4. The first-order valence-corrected chi connectivity index (χ1v) is 7.88. The Bertz CT molecular complexity index is 899. The van der Waals surface area contributed by atoms with Crippen LogP contribution in [0.25, 0.3) is 0 Å². The van der Waals surface area contributed by atoms with Gasteiger partial charge in [-0.15, -0.1) is 0 Å². The summed E-state index contributed by atoms with van der Waals surface area (Å²) in [5.41, 5.74) is 1.04. The Balaban J connectivity index is 1.72. The summed E-state index contributed by atoms with van der Waals surface area (Å²) < 4.78 is 13.2. The van der Waals surface area contributed by atoms with Gasteiger partial charge in [0.15, 0.2) is 0 Å². The minimum Gasteiger partial charge on any atom is -0.324 e. The SMILES string of the molecule is O=C(Nc1c(Cl)cccc1Cl)c1cnc(Nc2cccc(F)c2)nc1. The van der Waals surface area contributed by atoms with Crippen LogP contribution in [0.2, 0.25) is 10.0 Å². The summed E-state index contributed by atoms with van der Waals surface area (Å²) in [5, 5.41) is 6.11. The summed E-state index contributed by atoms with van der Waals surface area (Å²) in [5.74, 6) is -0.595. The van der Waals surface area contributed by atoms with Crippen LogP contribution in [-0.2, 0) is 0 Å². The highest BCUT2D eigenvalue weighted by molar-refractivity contribution is 6.40. The molecule has 8 heteroatoms. The molecule has 126 valence electrons. The molecule has 2 aromatic carbocycles. The van der Waals surface area contributed by atoms with Crippen molar-refractivity contribution in [3.8, 4) is 0 Å². The fourth-order valence-corrected chi connectivity index (χ4v) is 2.50. The summed E-state index contributed by atoms with van der Waals surface area (Å²) in [6.45, 7) is 0. The number of para-hydroxylation sites is 1. The van der Waals surface area contributed by atoms with E-state index in [-0.39, 0.29) is 17.3 Å². The normalized spacial score (nSPS) is 10.4. The van der Waals surface area contributed by atoms with Crippen LogP contribution in [0.1, 0.15) is 10.4 Å². The van der Waals surface area contributed by atoms with Crippen molar-refractivity contribution < 1.29 is 9.18 Å². The average molecular weight is 377 g/mol. The number of nitrogens with zero attached hydrogens (tertiary/aromatic N) is 2. The average Bonchev–Trinajstić information content (AvgIpc) is 2.59. The zero-order valence-electron chi connectivity index (χ0n) is 12.6. The minimum atomic E-state index is -0.452. The highest BCUT2D eigenvalue weighted by Crippen LogP contribution is 2.30. The van der Waals surface area contributed by atoms with Crippen molar-refractivity contribution in [1.82, 2.24) is 9.97 Å². The van der Waals surface area contributed by atoms with E-state index in [1.807, 2.05) is 0 Å². The standard InChI is InChI=1S/C17H11Cl2FN4O/c18-13-5-2-6-14(19)15(13)24-16(25)10-8-21-17(22-9-10)23-12-4-1-3-11(20)7-12/h1-9H,(H,24,25)(H,21,22,23). The number of rotatable bonds is 4. The molecule has 3 rings (SSSR count). The Morgan fingerprint density at radius 1 is 1.00 bits per heavy atom. The molecule has 0 bridgehead atoms. The third kappa shape index (κ3) is 4.23. The second-order valence-electron chi connectivity index (χ2n) is 4.98. The molecule has 0 radical (unpaired) electrons. The number of benzene rings is 2. The van der Waals surface area contributed by atoms with Crippen LogP contribution in [0.4, 0.5) is 21.7 Å². The molecule has 1 heterocycles. The highest BCUT2D eigenvalue weighted by Gasteiger charge is 2.12. The van der Waals surface area contributed by atoms with E-state index in [0.717, 1.165) is 0 Å². The van der Waals surface area contributed by atoms with E-state index >= 15 is 0 Å². The highest BCUT2D eigenvalue weighted by atomic mass is 35.5. The molecule has 0 atom stereocenters. The topological polar surface area (TPSA) is 66.9 Å². The molecule has 1 amide bonds. The van der Waals surface area contributed by atoms with Crippen molar-refractivity contribution in [3.63, 3.8) is 0 Å². The van der Waals surface area contributed by atoms with Gasteiger partial charge in [0.1, 0.15) is 5.82 Å². The van der Waals surface area contributed by atoms with Crippen molar-refractivity contribution in [2.75, 3.05) is 10.6 Å². The number of amides is 1. The number of halogens is 3. The fraction of sp³-hybridized carbons (Fsp3) is 0. The van der Waals surface area contributed by atoms with Gasteiger partial charge in [-0.2, -0.15) is 0 Å². The number of anilines is 3. The maximum absolute atomic E-state index is 13.2. The van der Waals surface area contributed by atoms with Crippen molar-refractivity contribution >= 4 is 46.4 Å². The molecule has 0 saturated carbocycles.